The van der Waals surface area contributed by atoms with Crippen molar-refractivity contribution in [1.82, 2.24) is 10.2 Å². The Bertz CT molecular complexity index is 211. The fourth-order valence-electron chi connectivity index (χ4n) is 0.895. The maximum Gasteiger partial charge on any atom is 0.324 e. The van der Waals surface area contributed by atoms with Crippen molar-refractivity contribution in [3.8, 4) is 0 Å². The Morgan fingerprint density at radius 3 is 2.75 bits per heavy atom. The number of hydrogen-bond donors (Lipinski definition) is 2. The third-order valence-electron chi connectivity index (χ3n) is 1.50. The fraction of sp³-hybridized carbons (Fsp3) is 0.429. The summed E-state index contributed by atoms with van der Waals surface area (Å²) < 4.78 is 0. The molecule has 4 nitrogen and oxygen atoms in total. The third kappa shape index (κ3) is 2.01. The molecule has 1 aliphatic rings. The lowest BCUT2D eigenvalue weighted by Crippen LogP contribution is -2.30. The van der Waals surface area contributed by atoms with E-state index in [1.807, 2.05) is 0 Å². The summed E-state index contributed by atoms with van der Waals surface area (Å²) in [6.45, 7) is 0.457. The molecule has 5 heteroatoms. The molecule has 66 valence electrons. The first-order chi connectivity index (χ1) is 5.75. The molecular weight excluding hydrogens is 176 g/mol. The number of carbonyl (C=O) groups is 2. The van der Waals surface area contributed by atoms with E-state index >= 15 is 0 Å². The van der Waals surface area contributed by atoms with Gasteiger partial charge >= 0.3 is 6.03 Å². The van der Waals surface area contributed by atoms with Crippen LogP contribution in [0.4, 0.5) is 4.79 Å². The average Bonchev–Trinajstić information content (AvgIpc) is 2.35. The van der Waals surface area contributed by atoms with Crippen molar-refractivity contribution in [1.29, 1.82) is 0 Å². The van der Waals surface area contributed by atoms with Crippen molar-refractivity contribution in [2.75, 3.05) is 18.8 Å². The van der Waals surface area contributed by atoms with Crippen molar-refractivity contribution in [3.05, 3.63) is 12.2 Å². The maximum atomic E-state index is 11.0. The lowest BCUT2D eigenvalue weighted by Gasteiger charge is -2.07. The minimum Gasteiger partial charge on any atom is -0.329 e. The van der Waals surface area contributed by atoms with Crippen LogP contribution in [0.2, 0.25) is 0 Å². The summed E-state index contributed by atoms with van der Waals surface area (Å²) in [7, 11) is 0. The molecule has 12 heavy (non-hydrogen) atoms. The van der Waals surface area contributed by atoms with Crippen LogP contribution in [0, 0.1) is 0 Å². The molecule has 1 rings (SSSR count). The number of amides is 3. The van der Waals surface area contributed by atoms with Gasteiger partial charge in [0.2, 0.25) is 5.91 Å². The van der Waals surface area contributed by atoms with Gasteiger partial charge in [-0.15, -0.1) is 0 Å². The molecule has 3 amide bonds. The quantitative estimate of drug-likeness (QED) is 0.371. The Hall–Kier alpha value is -0.970. The molecule has 0 radical (unpaired) electrons. The van der Waals surface area contributed by atoms with Crippen molar-refractivity contribution >= 4 is 24.6 Å². The van der Waals surface area contributed by atoms with Crippen molar-refractivity contribution in [2.24, 2.45) is 0 Å². The van der Waals surface area contributed by atoms with Gasteiger partial charge in [0.25, 0.3) is 0 Å². The van der Waals surface area contributed by atoms with Gasteiger partial charge in [0.1, 0.15) is 0 Å². The minimum absolute atomic E-state index is 0.119. The lowest BCUT2D eigenvalue weighted by molar-refractivity contribution is -0.124. The monoisotopic (exact) mass is 186 g/mol. The summed E-state index contributed by atoms with van der Waals surface area (Å²) in [5.74, 6) is 0.438. The first-order valence-corrected chi connectivity index (χ1v) is 4.23. The highest BCUT2D eigenvalue weighted by Gasteiger charge is 2.26. The van der Waals surface area contributed by atoms with E-state index in [1.54, 1.807) is 12.2 Å². The Morgan fingerprint density at radius 2 is 2.25 bits per heavy atom. The molecule has 0 unspecified atom stereocenters. The predicted octanol–water partition coefficient (Wildman–Crippen LogP) is 0.0242. The van der Waals surface area contributed by atoms with E-state index in [1.165, 1.54) is 4.90 Å². The van der Waals surface area contributed by atoms with Crippen molar-refractivity contribution in [2.45, 2.75) is 0 Å². The van der Waals surface area contributed by atoms with Crippen LogP contribution in [0.5, 0.6) is 0 Å². The molecular formula is C7H10N2O2S. The SMILES string of the molecule is O=C1CNC(=O)N1C/C=C/CS. The van der Waals surface area contributed by atoms with Crippen LogP contribution in [0.25, 0.3) is 0 Å². The molecule has 0 bridgehead atoms. The molecule has 1 fully saturated rings. The summed E-state index contributed by atoms with van der Waals surface area (Å²) in [5, 5.41) is 2.43. The number of imide groups is 1. The summed E-state index contributed by atoms with van der Waals surface area (Å²) in [6, 6.07) is -0.316. The Kier molecular flexibility index (Phi) is 3.16. The topological polar surface area (TPSA) is 49.4 Å². The maximum absolute atomic E-state index is 11.0. The van der Waals surface area contributed by atoms with Crippen molar-refractivity contribution < 1.29 is 9.59 Å². The fourth-order valence-corrected chi connectivity index (χ4v) is 1.04. The third-order valence-corrected chi connectivity index (χ3v) is 1.71. The number of urea groups is 1. The van der Waals surface area contributed by atoms with Crippen LogP contribution in [0.1, 0.15) is 0 Å². The molecule has 0 spiro atoms. The summed E-state index contributed by atoms with van der Waals surface area (Å²) in [6.07, 6.45) is 3.54. The van der Waals surface area contributed by atoms with E-state index in [4.69, 9.17) is 0 Å². The highest BCUT2D eigenvalue weighted by atomic mass is 32.1. The highest BCUT2D eigenvalue weighted by molar-refractivity contribution is 7.80. The number of carbonyl (C=O) groups excluding carboxylic acids is 2. The van der Waals surface area contributed by atoms with Gasteiger partial charge in [-0.2, -0.15) is 12.6 Å². The van der Waals surface area contributed by atoms with Gasteiger partial charge in [-0.3, -0.25) is 9.69 Å². The van der Waals surface area contributed by atoms with Crippen LogP contribution in [-0.2, 0) is 4.79 Å². The normalized spacial score (nSPS) is 17.6. The van der Waals surface area contributed by atoms with E-state index in [-0.39, 0.29) is 18.5 Å². The number of thiol groups is 1. The second-order valence-corrected chi connectivity index (χ2v) is 2.68. The number of hydrogen-bond acceptors (Lipinski definition) is 3. The largest absolute Gasteiger partial charge is 0.329 e. The zero-order valence-corrected chi connectivity index (χ0v) is 7.38. The van der Waals surface area contributed by atoms with E-state index < -0.39 is 0 Å². The zero-order chi connectivity index (χ0) is 8.97. The molecule has 1 aliphatic heterocycles. The Balaban J connectivity index is 2.45. The van der Waals surface area contributed by atoms with Gasteiger partial charge in [0.15, 0.2) is 0 Å². The molecule has 0 aromatic carbocycles. The highest BCUT2D eigenvalue weighted by Crippen LogP contribution is 1.98. The summed E-state index contributed by atoms with van der Waals surface area (Å²) in [5.41, 5.74) is 0. The van der Waals surface area contributed by atoms with Crippen LogP contribution in [0.15, 0.2) is 12.2 Å². The number of nitrogens with one attached hydrogen (secondary N) is 1. The molecule has 0 aliphatic carbocycles. The van der Waals surface area contributed by atoms with Gasteiger partial charge in [-0.1, -0.05) is 12.2 Å². The second kappa shape index (κ2) is 4.15. The van der Waals surface area contributed by atoms with Crippen molar-refractivity contribution in [3.63, 3.8) is 0 Å². The smallest absolute Gasteiger partial charge is 0.324 e. The average molecular weight is 186 g/mol. The van der Waals surface area contributed by atoms with Crippen LogP contribution in [-0.4, -0.2) is 35.7 Å². The van der Waals surface area contributed by atoms with E-state index in [0.717, 1.165) is 0 Å². The Labute approximate surface area is 76.0 Å². The van der Waals surface area contributed by atoms with Gasteiger partial charge in [0, 0.05) is 12.3 Å². The van der Waals surface area contributed by atoms with Gasteiger partial charge in [0.05, 0.1) is 6.54 Å². The standard InChI is InChI=1S/C7H10N2O2S/c10-6-5-8-7(11)9(6)3-1-2-4-12/h1-2,12H,3-5H2,(H,8,11)/b2-1+. The Morgan fingerprint density at radius 1 is 1.50 bits per heavy atom. The molecule has 0 atom stereocenters. The number of rotatable bonds is 3. The second-order valence-electron chi connectivity index (χ2n) is 2.32. The van der Waals surface area contributed by atoms with Crippen LogP contribution in [0.3, 0.4) is 0 Å². The van der Waals surface area contributed by atoms with Gasteiger partial charge in [-0.25, -0.2) is 4.79 Å². The van der Waals surface area contributed by atoms with E-state index in [0.29, 0.717) is 12.3 Å². The zero-order valence-electron chi connectivity index (χ0n) is 6.49. The van der Waals surface area contributed by atoms with Gasteiger partial charge < -0.3 is 5.32 Å². The molecule has 0 aromatic rings. The first-order valence-electron chi connectivity index (χ1n) is 3.59. The van der Waals surface area contributed by atoms with Crippen LogP contribution >= 0.6 is 12.6 Å². The predicted molar refractivity (Wildman–Crippen MR) is 48.1 cm³/mol. The van der Waals surface area contributed by atoms with E-state index in [9.17, 15) is 9.59 Å². The summed E-state index contributed by atoms with van der Waals surface area (Å²) in [4.78, 5) is 23.1. The lowest BCUT2D eigenvalue weighted by atomic mass is 10.4. The number of nitrogens with zero attached hydrogens (tertiary/aromatic N) is 1. The molecule has 1 N–H and O–H groups in total. The molecule has 1 saturated heterocycles. The van der Waals surface area contributed by atoms with Gasteiger partial charge in [-0.05, 0) is 0 Å². The molecule has 0 saturated carbocycles. The first kappa shape index (κ1) is 9.12. The molecule has 0 aromatic heterocycles. The molecule has 1 heterocycles. The minimum atomic E-state index is -0.316. The van der Waals surface area contributed by atoms with E-state index in [2.05, 4.69) is 17.9 Å². The summed E-state index contributed by atoms with van der Waals surface area (Å²) >= 11 is 3.95. The van der Waals surface area contributed by atoms with Crippen LogP contribution < -0.4 is 5.32 Å².